The van der Waals surface area contributed by atoms with Gasteiger partial charge in [-0.05, 0) is 40.2 Å². The smallest absolute Gasteiger partial charge is 0.0818 e. The molecule has 0 unspecified atom stereocenters. The van der Waals surface area contributed by atoms with Gasteiger partial charge in [0.05, 0.1) is 11.8 Å². The molecule has 0 rings (SSSR count). The molecule has 0 saturated carbocycles. The van der Waals surface area contributed by atoms with E-state index in [4.69, 9.17) is 0 Å². The molecule has 0 amide bonds. The van der Waals surface area contributed by atoms with Gasteiger partial charge in [0.25, 0.3) is 0 Å². The van der Waals surface area contributed by atoms with E-state index in [1.54, 1.807) is 0 Å². The van der Waals surface area contributed by atoms with Crippen molar-refractivity contribution in [3.05, 3.63) is 11.8 Å². The number of allylic oxidation sites excluding steroid dienone is 2. The highest BCUT2D eigenvalue weighted by Crippen LogP contribution is 2.22. The van der Waals surface area contributed by atoms with Crippen LogP contribution in [0.2, 0.25) is 0 Å². The molecule has 0 aromatic carbocycles. The molecule has 0 saturated heterocycles. The summed E-state index contributed by atoms with van der Waals surface area (Å²) < 4.78 is 0. The molecular weight excluding hydrogens is 236 g/mol. The number of hydrogen-bond donors (Lipinski definition) is 2. The van der Waals surface area contributed by atoms with Gasteiger partial charge in [-0.1, -0.05) is 6.92 Å². The molecule has 0 aromatic rings. The highest BCUT2D eigenvalue weighted by atomic mass is 32.1. The van der Waals surface area contributed by atoms with E-state index in [2.05, 4.69) is 68.9 Å². The Labute approximate surface area is 111 Å². The van der Waals surface area contributed by atoms with Gasteiger partial charge in [-0.25, -0.2) is 0 Å². The zero-order valence-electron chi connectivity index (χ0n) is 11.0. The average Bonchev–Trinajstić information content (AvgIpc) is 2.15. The first-order valence-corrected chi connectivity index (χ1v) is 6.84. The number of rotatable bonds is 5. The number of hydrogen-bond acceptors (Lipinski definition) is 4. The van der Waals surface area contributed by atoms with Gasteiger partial charge in [-0.2, -0.15) is 25.3 Å². The van der Waals surface area contributed by atoms with Crippen molar-refractivity contribution >= 4 is 31.0 Å². The topological polar surface area (TPSA) is 15.6 Å². The van der Waals surface area contributed by atoms with Crippen molar-refractivity contribution in [3.8, 4) is 0 Å². The lowest BCUT2D eigenvalue weighted by atomic mass is 10.0. The minimum Gasteiger partial charge on any atom is -0.361 e. The SMILES string of the molecule is CC/C(=C/C(C)=N/CS)N(CS)C(C)(C)C. The fraction of sp³-hybridized carbons (Fsp3) is 0.750. The predicted molar refractivity (Wildman–Crippen MR) is 80.8 cm³/mol. The van der Waals surface area contributed by atoms with Crippen molar-refractivity contribution < 1.29 is 0 Å². The quantitative estimate of drug-likeness (QED) is 0.438. The second kappa shape index (κ2) is 7.28. The van der Waals surface area contributed by atoms with Crippen LogP contribution in [-0.2, 0) is 0 Å². The monoisotopic (exact) mass is 260 g/mol. The van der Waals surface area contributed by atoms with Crippen LogP contribution < -0.4 is 0 Å². The molecule has 0 aliphatic rings. The Bertz CT molecular complexity index is 265. The fourth-order valence-electron chi connectivity index (χ4n) is 1.50. The maximum absolute atomic E-state index is 4.41. The zero-order valence-corrected chi connectivity index (χ0v) is 12.8. The van der Waals surface area contributed by atoms with E-state index in [9.17, 15) is 0 Å². The summed E-state index contributed by atoms with van der Waals surface area (Å²) in [5, 5.41) is 0. The molecule has 0 aromatic heterocycles. The molecule has 0 N–H and O–H groups in total. The van der Waals surface area contributed by atoms with Gasteiger partial charge in [-0.3, -0.25) is 4.99 Å². The van der Waals surface area contributed by atoms with Crippen LogP contribution in [0.1, 0.15) is 41.0 Å². The zero-order chi connectivity index (χ0) is 12.8. The molecule has 4 heteroatoms. The highest BCUT2D eigenvalue weighted by Gasteiger charge is 2.21. The van der Waals surface area contributed by atoms with Crippen molar-refractivity contribution in [2.75, 3.05) is 11.8 Å². The van der Waals surface area contributed by atoms with Gasteiger partial charge >= 0.3 is 0 Å². The lowest BCUT2D eigenvalue weighted by Crippen LogP contribution is -2.39. The molecule has 0 atom stereocenters. The molecule has 0 bridgehead atoms. The van der Waals surface area contributed by atoms with E-state index in [0.717, 1.165) is 18.0 Å². The lowest BCUT2D eigenvalue weighted by molar-refractivity contribution is 0.213. The summed E-state index contributed by atoms with van der Waals surface area (Å²) in [6.45, 7) is 10.7. The van der Waals surface area contributed by atoms with Gasteiger partial charge < -0.3 is 4.90 Å². The number of nitrogens with zero attached hydrogens (tertiary/aromatic N) is 2. The van der Waals surface area contributed by atoms with Gasteiger partial charge in [0, 0.05) is 16.9 Å². The van der Waals surface area contributed by atoms with Crippen LogP contribution in [0.5, 0.6) is 0 Å². The predicted octanol–water partition coefficient (Wildman–Crippen LogP) is 3.62. The Morgan fingerprint density at radius 1 is 1.31 bits per heavy atom. The van der Waals surface area contributed by atoms with Gasteiger partial charge in [0.2, 0.25) is 0 Å². The lowest BCUT2D eigenvalue weighted by Gasteiger charge is -2.38. The van der Waals surface area contributed by atoms with Crippen LogP contribution in [0.15, 0.2) is 16.8 Å². The van der Waals surface area contributed by atoms with E-state index in [0.29, 0.717) is 5.88 Å². The molecule has 0 radical (unpaired) electrons. The molecular formula is C12H24N2S2. The van der Waals surface area contributed by atoms with E-state index in [-0.39, 0.29) is 5.54 Å². The van der Waals surface area contributed by atoms with Crippen LogP contribution in [0.25, 0.3) is 0 Å². The normalized spacial score (nSPS) is 14.2. The molecule has 94 valence electrons. The number of aliphatic imine (C=N–C) groups is 1. The van der Waals surface area contributed by atoms with Crippen LogP contribution in [0, 0.1) is 0 Å². The Kier molecular flexibility index (Phi) is 7.24. The Hall–Kier alpha value is -0.0900. The van der Waals surface area contributed by atoms with Crippen molar-refractivity contribution in [2.45, 2.75) is 46.6 Å². The molecule has 0 fully saturated rings. The van der Waals surface area contributed by atoms with Crippen molar-refractivity contribution in [2.24, 2.45) is 4.99 Å². The molecule has 0 spiro atoms. The second-order valence-corrected chi connectivity index (χ2v) is 5.24. The van der Waals surface area contributed by atoms with Gasteiger partial charge in [0.15, 0.2) is 0 Å². The molecule has 0 aliphatic carbocycles. The van der Waals surface area contributed by atoms with Gasteiger partial charge in [0.1, 0.15) is 0 Å². The highest BCUT2D eigenvalue weighted by molar-refractivity contribution is 7.80. The van der Waals surface area contributed by atoms with Crippen LogP contribution >= 0.6 is 25.3 Å². The average molecular weight is 260 g/mol. The summed E-state index contributed by atoms with van der Waals surface area (Å²) in [5.41, 5.74) is 2.37. The fourth-order valence-corrected chi connectivity index (χ4v) is 2.33. The minimum absolute atomic E-state index is 0.0881. The van der Waals surface area contributed by atoms with Gasteiger partial charge in [-0.15, -0.1) is 0 Å². The maximum atomic E-state index is 4.41. The summed E-state index contributed by atoms with van der Waals surface area (Å²) >= 11 is 8.50. The molecule has 0 heterocycles. The summed E-state index contributed by atoms with van der Waals surface area (Å²) in [5.74, 6) is 1.26. The van der Waals surface area contributed by atoms with Crippen LogP contribution in [-0.4, -0.2) is 27.9 Å². The molecule has 2 nitrogen and oxygen atoms in total. The van der Waals surface area contributed by atoms with E-state index in [1.807, 2.05) is 6.92 Å². The van der Waals surface area contributed by atoms with Crippen LogP contribution in [0.3, 0.4) is 0 Å². The standard InChI is InChI=1S/C12H24N2S2/c1-6-11(7-10(2)13-8-15)14(9-16)12(3,4)5/h7,15-16H,6,8-9H2,1-5H3/b11-7-,13-10+. The van der Waals surface area contributed by atoms with Crippen molar-refractivity contribution in [1.82, 2.24) is 4.90 Å². The van der Waals surface area contributed by atoms with E-state index < -0.39 is 0 Å². The summed E-state index contributed by atoms with van der Waals surface area (Å²) in [6, 6.07) is 0. The third kappa shape index (κ3) is 5.30. The first kappa shape index (κ1) is 15.9. The number of thiol groups is 2. The Balaban J connectivity index is 5.03. The second-order valence-electron chi connectivity index (χ2n) is 4.67. The first-order chi connectivity index (χ1) is 7.36. The third-order valence-corrected chi connectivity index (χ3v) is 2.78. The Morgan fingerprint density at radius 2 is 1.88 bits per heavy atom. The van der Waals surface area contributed by atoms with Crippen LogP contribution in [0.4, 0.5) is 0 Å². The summed E-state index contributed by atoms with van der Waals surface area (Å²) in [6.07, 6.45) is 3.11. The van der Waals surface area contributed by atoms with E-state index in [1.165, 1.54) is 5.70 Å². The minimum atomic E-state index is 0.0881. The largest absolute Gasteiger partial charge is 0.361 e. The first-order valence-electron chi connectivity index (χ1n) is 5.57. The summed E-state index contributed by atoms with van der Waals surface area (Å²) in [7, 11) is 0. The third-order valence-electron chi connectivity index (χ3n) is 2.36. The van der Waals surface area contributed by atoms with Crippen molar-refractivity contribution in [1.29, 1.82) is 0 Å². The van der Waals surface area contributed by atoms with Crippen molar-refractivity contribution in [3.63, 3.8) is 0 Å². The summed E-state index contributed by atoms with van der Waals surface area (Å²) in [4.78, 5) is 6.55. The molecule has 16 heavy (non-hydrogen) atoms. The molecule has 0 aliphatic heterocycles. The maximum Gasteiger partial charge on any atom is 0.0818 e. The van der Waals surface area contributed by atoms with E-state index >= 15 is 0 Å². The Morgan fingerprint density at radius 3 is 2.19 bits per heavy atom.